The molecule has 1 amide bonds. The van der Waals surface area contributed by atoms with Gasteiger partial charge in [-0.05, 0) is 24.3 Å². The fraction of sp³-hybridized carbons (Fsp3) is 0.143. The van der Waals surface area contributed by atoms with Gasteiger partial charge in [-0.1, -0.05) is 6.08 Å². The normalized spacial score (nSPS) is 12.1. The molecule has 0 atom stereocenters. The highest BCUT2D eigenvalue weighted by molar-refractivity contribution is 6.06. The van der Waals surface area contributed by atoms with Crippen LogP contribution < -0.4 is 5.32 Å². The lowest BCUT2D eigenvalue weighted by molar-refractivity contribution is -0.137. The minimum Gasteiger partial charge on any atom is -0.510 e. The van der Waals surface area contributed by atoms with E-state index in [0.29, 0.717) is 0 Å². The number of allylic oxidation sites excluding steroid dienone is 1. The van der Waals surface area contributed by atoms with Crippen LogP contribution in [0.4, 0.5) is 18.9 Å². The van der Waals surface area contributed by atoms with Crippen LogP contribution in [-0.2, 0) is 11.0 Å². The van der Waals surface area contributed by atoms with Crippen LogP contribution >= 0.6 is 0 Å². The lowest BCUT2D eigenvalue weighted by Crippen LogP contribution is -2.15. The van der Waals surface area contributed by atoms with Crippen LogP contribution in [0.15, 0.2) is 48.3 Å². The number of anilines is 1. The standard InChI is InChI=1S/C14H11F3N2O2/c1-2-3-12(20)11(8-18)13(21)19-10-6-4-9(5-7-10)14(15,16)17/h2,4-7,20H,1,3H2,(H,19,21). The number of halogens is 3. The van der Waals surface area contributed by atoms with Crippen LogP contribution in [0, 0.1) is 11.3 Å². The molecule has 0 aliphatic rings. The number of alkyl halides is 3. The Morgan fingerprint density at radius 1 is 1.38 bits per heavy atom. The molecule has 110 valence electrons. The molecule has 2 N–H and O–H groups in total. The van der Waals surface area contributed by atoms with Crippen molar-refractivity contribution in [3.8, 4) is 6.07 Å². The molecule has 0 aromatic heterocycles. The Kier molecular flexibility index (Phi) is 5.13. The van der Waals surface area contributed by atoms with Gasteiger partial charge in [-0.25, -0.2) is 0 Å². The predicted molar refractivity (Wildman–Crippen MR) is 70.2 cm³/mol. The summed E-state index contributed by atoms with van der Waals surface area (Å²) in [6.07, 6.45) is -3.23. The summed E-state index contributed by atoms with van der Waals surface area (Å²) in [4.78, 5) is 11.7. The van der Waals surface area contributed by atoms with E-state index in [1.165, 1.54) is 12.1 Å². The number of rotatable bonds is 4. The maximum atomic E-state index is 12.4. The molecule has 0 spiro atoms. The predicted octanol–water partition coefficient (Wildman–Crippen LogP) is 3.56. The van der Waals surface area contributed by atoms with Crippen molar-refractivity contribution in [2.24, 2.45) is 0 Å². The van der Waals surface area contributed by atoms with Gasteiger partial charge in [0.2, 0.25) is 0 Å². The molecule has 0 heterocycles. The zero-order chi connectivity index (χ0) is 16.0. The average Bonchev–Trinajstić information content (AvgIpc) is 2.39. The number of nitrogens with zero attached hydrogens (tertiary/aromatic N) is 1. The highest BCUT2D eigenvalue weighted by atomic mass is 19.4. The molecule has 0 radical (unpaired) electrons. The number of aliphatic hydroxyl groups excluding tert-OH is 1. The van der Waals surface area contributed by atoms with Gasteiger partial charge in [0.1, 0.15) is 11.8 Å². The summed E-state index contributed by atoms with van der Waals surface area (Å²) in [5.74, 6) is -1.37. The van der Waals surface area contributed by atoms with E-state index in [0.717, 1.165) is 24.3 Å². The smallest absolute Gasteiger partial charge is 0.416 e. The summed E-state index contributed by atoms with van der Waals surface area (Å²) in [5, 5.41) is 20.5. The van der Waals surface area contributed by atoms with Crippen molar-refractivity contribution in [3.63, 3.8) is 0 Å². The number of nitrogens with one attached hydrogen (secondary N) is 1. The Hall–Kier alpha value is -2.75. The lowest BCUT2D eigenvalue weighted by Gasteiger charge is -2.09. The Morgan fingerprint density at radius 3 is 2.38 bits per heavy atom. The number of benzene rings is 1. The van der Waals surface area contributed by atoms with E-state index < -0.39 is 29.0 Å². The Bertz CT molecular complexity index is 611. The molecular formula is C14H11F3N2O2. The van der Waals surface area contributed by atoms with Gasteiger partial charge in [-0.15, -0.1) is 6.58 Å². The van der Waals surface area contributed by atoms with Crippen molar-refractivity contribution in [3.05, 3.63) is 53.8 Å². The number of carbonyl (C=O) groups excluding carboxylic acids is 1. The summed E-state index contributed by atoms with van der Waals surface area (Å²) >= 11 is 0. The minimum atomic E-state index is -4.47. The third-order valence-electron chi connectivity index (χ3n) is 2.44. The number of aliphatic hydroxyl groups is 1. The van der Waals surface area contributed by atoms with Crippen LogP contribution in [0.25, 0.3) is 0 Å². The zero-order valence-electron chi connectivity index (χ0n) is 10.7. The van der Waals surface area contributed by atoms with Gasteiger partial charge in [-0.3, -0.25) is 4.79 Å². The van der Waals surface area contributed by atoms with Crippen molar-refractivity contribution in [1.82, 2.24) is 0 Å². The topological polar surface area (TPSA) is 73.1 Å². The highest BCUT2D eigenvalue weighted by Gasteiger charge is 2.30. The largest absolute Gasteiger partial charge is 0.510 e. The molecule has 1 aromatic rings. The van der Waals surface area contributed by atoms with Gasteiger partial charge >= 0.3 is 6.18 Å². The molecule has 0 fully saturated rings. The molecule has 1 aromatic carbocycles. The number of nitriles is 1. The molecule has 0 unspecified atom stereocenters. The van der Waals surface area contributed by atoms with Crippen LogP contribution in [0.5, 0.6) is 0 Å². The summed E-state index contributed by atoms with van der Waals surface area (Å²) in [7, 11) is 0. The van der Waals surface area contributed by atoms with Crippen molar-refractivity contribution in [1.29, 1.82) is 5.26 Å². The van der Waals surface area contributed by atoms with E-state index in [4.69, 9.17) is 5.26 Å². The Balaban J connectivity index is 2.91. The van der Waals surface area contributed by atoms with Crippen molar-refractivity contribution in [2.45, 2.75) is 12.6 Å². The Morgan fingerprint density at radius 2 is 1.95 bits per heavy atom. The maximum Gasteiger partial charge on any atom is 0.416 e. The van der Waals surface area contributed by atoms with Crippen LogP contribution in [0.2, 0.25) is 0 Å². The van der Waals surface area contributed by atoms with Crippen LogP contribution in [0.3, 0.4) is 0 Å². The zero-order valence-corrected chi connectivity index (χ0v) is 10.7. The summed E-state index contributed by atoms with van der Waals surface area (Å²) < 4.78 is 37.1. The molecule has 0 aliphatic carbocycles. The van der Waals surface area contributed by atoms with E-state index in [-0.39, 0.29) is 12.1 Å². The molecule has 1 rings (SSSR count). The van der Waals surface area contributed by atoms with Crippen molar-refractivity contribution < 1.29 is 23.1 Å². The number of hydrogen-bond donors (Lipinski definition) is 2. The first-order valence-corrected chi connectivity index (χ1v) is 5.71. The summed E-state index contributed by atoms with van der Waals surface area (Å²) in [6, 6.07) is 5.24. The fourth-order valence-electron chi connectivity index (χ4n) is 1.42. The van der Waals surface area contributed by atoms with E-state index >= 15 is 0 Å². The minimum absolute atomic E-state index is 0.0661. The van der Waals surface area contributed by atoms with Crippen LogP contribution in [0.1, 0.15) is 12.0 Å². The molecule has 0 saturated heterocycles. The van der Waals surface area contributed by atoms with Crippen molar-refractivity contribution in [2.75, 3.05) is 5.32 Å². The monoisotopic (exact) mass is 296 g/mol. The molecule has 0 saturated carbocycles. The van der Waals surface area contributed by atoms with E-state index in [9.17, 15) is 23.1 Å². The first kappa shape index (κ1) is 16.3. The average molecular weight is 296 g/mol. The first-order valence-electron chi connectivity index (χ1n) is 5.71. The van der Waals surface area contributed by atoms with Crippen LogP contribution in [-0.4, -0.2) is 11.0 Å². The lowest BCUT2D eigenvalue weighted by atomic mass is 10.1. The molecule has 0 aliphatic heterocycles. The number of carbonyl (C=O) groups is 1. The number of amides is 1. The van der Waals surface area contributed by atoms with Gasteiger partial charge in [0.25, 0.3) is 5.91 Å². The SMILES string of the molecule is C=CCC(O)=C(C#N)C(=O)Nc1ccc(C(F)(F)F)cc1. The molecule has 0 bridgehead atoms. The summed E-state index contributed by atoms with van der Waals surface area (Å²) in [6.45, 7) is 3.35. The van der Waals surface area contributed by atoms with Gasteiger partial charge in [0.15, 0.2) is 5.57 Å². The molecule has 4 nitrogen and oxygen atoms in total. The van der Waals surface area contributed by atoms with Gasteiger partial charge < -0.3 is 10.4 Å². The first-order chi connectivity index (χ1) is 9.79. The second kappa shape index (κ2) is 6.61. The van der Waals surface area contributed by atoms with E-state index in [1.54, 1.807) is 0 Å². The second-order valence-corrected chi connectivity index (χ2v) is 3.96. The van der Waals surface area contributed by atoms with E-state index in [1.807, 2.05) is 0 Å². The highest BCUT2D eigenvalue weighted by Crippen LogP contribution is 2.29. The summed E-state index contributed by atoms with van der Waals surface area (Å²) in [5.41, 5.74) is -1.30. The second-order valence-electron chi connectivity index (χ2n) is 3.96. The third-order valence-corrected chi connectivity index (χ3v) is 2.44. The van der Waals surface area contributed by atoms with Gasteiger partial charge in [0.05, 0.1) is 5.56 Å². The molecule has 21 heavy (non-hydrogen) atoms. The third kappa shape index (κ3) is 4.38. The molecule has 7 heteroatoms. The van der Waals surface area contributed by atoms with Crippen molar-refractivity contribution >= 4 is 11.6 Å². The number of hydrogen-bond acceptors (Lipinski definition) is 3. The van der Waals surface area contributed by atoms with E-state index in [2.05, 4.69) is 11.9 Å². The maximum absolute atomic E-state index is 12.4. The van der Waals surface area contributed by atoms with Gasteiger partial charge in [0, 0.05) is 12.1 Å². The quantitative estimate of drug-likeness (QED) is 0.386. The Labute approximate surface area is 118 Å². The van der Waals surface area contributed by atoms with Gasteiger partial charge in [-0.2, -0.15) is 18.4 Å². The molecular weight excluding hydrogens is 285 g/mol. The fourth-order valence-corrected chi connectivity index (χ4v) is 1.42.